The molecule has 1 aliphatic rings. The van der Waals surface area contributed by atoms with Crippen molar-refractivity contribution in [3.8, 4) is 6.07 Å². The number of hydrogen-bond donors (Lipinski definition) is 1. The first-order valence-corrected chi connectivity index (χ1v) is 7.65. The summed E-state index contributed by atoms with van der Waals surface area (Å²) < 4.78 is 22.9. The van der Waals surface area contributed by atoms with Gasteiger partial charge in [-0.15, -0.1) is 0 Å². The summed E-state index contributed by atoms with van der Waals surface area (Å²) in [4.78, 5) is 2.13. The summed E-state index contributed by atoms with van der Waals surface area (Å²) in [5.41, 5.74) is 4.96. The molecule has 0 radical (unpaired) electrons. The molecule has 6 heteroatoms. The van der Waals surface area contributed by atoms with Crippen LogP contribution in [0.3, 0.4) is 0 Å². The monoisotopic (exact) mass is 259 g/mol. The van der Waals surface area contributed by atoms with Crippen molar-refractivity contribution < 1.29 is 8.42 Å². The standard InChI is InChI=1S/C11H21N3O2S/c1-9(6-11(3,13)8-12)14-4-5-17(15,16)7-10(14)2/h9-10H,4-7,13H2,1-3H3. The van der Waals surface area contributed by atoms with E-state index in [9.17, 15) is 8.42 Å². The van der Waals surface area contributed by atoms with Gasteiger partial charge in [-0.2, -0.15) is 5.26 Å². The van der Waals surface area contributed by atoms with Crippen molar-refractivity contribution >= 4 is 9.84 Å². The van der Waals surface area contributed by atoms with Crippen LogP contribution in [-0.2, 0) is 9.84 Å². The molecule has 0 bridgehead atoms. The summed E-state index contributed by atoms with van der Waals surface area (Å²) in [7, 11) is -2.89. The molecule has 1 rings (SSSR count). The largest absolute Gasteiger partial charge is 0.314 e. The second-order valence-corrected chi connectivity index (χ2v) is 7.51. The fraction of sp³-hybridized carbons (Fsp3) is 0.909. The van der Waals surface area contributed by atoms with Crippen LogP contribution in [-0.4, -0.2) is 49.0 Å². The van der Waals surface area contributed by atoms with Gasteiger partial charge in [0.25, 0.3) is 0 Å². The SMILES string of the molecule is CC(CC(C)(N)C#N)N1CCS(=O)(=O)CC1C. The second-order valence-electron chi connectivity index (χ2n) is 5.28. The van der Waals surface area contributed by atoms with Gasteiger partial charge in [0.05, 0.1) is 17.6 Å². The van der Waals surface area contributed by atoms with Gasteiger partial charge in [0.1, 0.15) is 5.54 Å². The molecule has 3 atom stereocenters. The molecule has 17 heavy (non-hydrogen) atoms. The van der Waals surface area contributed by atoms with E-state index in [-0.39, 0.29) is 23.6 Å². The molecule has 98 valence electrons. The minimum Gasteiger partial charge on any atom is -0.314 e. The quantitative estimate of drug-likeness (QED) is 0.778. The Labute approximate surface area is 104 Å². The number of rotatable bonds is 3. The van der Waals surface area contributed by atoms with Crippen molar-refractivity contribution in [1.29, 1.82) is 5.26 Å². The van der Waals surface area contributed by atoms with E-state index in [1.165, 1.54) is 0 Å². The number of nitrogens with two attached hydrogens (primary N) is 1. The van der Waals surface area contributed by atoms with Crippen molar-refractivity contribution in [2.45, 2.75) is 44.8 Å². The fourth-order valence-corrected chi connectivity index (χ4v) is 4.02. The lowest BCUT2D eigenvalue weighted by molar-refractivity contribution is 0.149. The Balaban J connectivity index is 2.66. The van der Waals surface area contributed by atoms with E-state index in [0.717, 1.165) is 0 Å². The second kappa shape index (κ2) is 4.92. The first-order chi connectivity index (χ1) is 7.67. The van der Waals surface area contributed by atoms with Gasteiger partial charge in [0.2, 0.25) is 0 Å². The highest BCUT2D eigenvalue weighted by molar-refractivity contribution is 7.91. The van der Waals surface area contributed by atoms with Crippen LogP contribution < -0.4 is 5.73 Å². The van der Waals surface area contributed by atoms with Gasteiger partial charge in [0.15, 0.2) is 9.84 Å². The number of nitrogens with zero attached hydrogens (tertiary/aromatic N) is 2. The van der Waals surface area contributed by atoms with Crippen molar-refractivity contribution in [3.05, 3.63) is 0 Å². The molecular weight excluding hydrogens is 238 g/mol. The molecule has 0 aromatic carbocycles. The highest BCUT2D eigenvalue weighted by Crippen LogP contribution is 2.19. The summed E-state index contributed by atoms with van der Waals surface area (Å²) in [6.07, 6.45) is 0.549. The van der Waals surface area contributed by atoms with E-state index in [1.54, 1.807) is 6.92 Å². The first-order valence-electron chi connectivity index (χ1n) is 5.83. The average molecular weight is 259 g/mol. The molecule has 3 unspecified atom stereocenters. The fourth-order valence-electron chi connectivity index (χ4n) is 2.44. The van der Waals surface area contributed by atoms with Gasteiger partial charge < -0.3 is 5.73 Å². The zero-order valence-electron chi connectivity index (χ0n) is 10.7. The molecule has 1 heterocycles. The predicted molar refractivity (Wildman–Crippen MR) is 67.1 cm³/mol. The van der Waals surface area contributed by atoms with Crippen LogP contribution in [0.1, 0.15) is 27.2 Å². The molecule has 0 aromatic rings. The Kier molecular flexibility index (Phi) is 4.18. The topological polar surface area (TPSA) is 87.2 Å². The summed E-state index contributed by atoms with van der Waals surface area (Å²) in [6, 6.07) is 2.19. The van der Waals surface area contributed by atoms with Gasteiger partial charge in [-0.25, -0.2) is 8.42 Å². The smallest absolute Gasteiger partial charge is 0.153 e. The Hall–Kier alpha value is -0.640. The van der Waals surface area contributed by atoms with Crippen LogP contribution in [0.5, 0.6) is 0 Å². The lowest BCUT2D eigenvalue weighted by Gasteiger charge is -2.39. The zero-order valence-corrected chi connectivity index (χ0v) is 11.5. The van der Waals surface area contributed by atoms with E-state index >= 15 is 0 Å². The Morgan fingerprint density at radius 3 is 2.71 bits per heavy atom. The van der Waals surface area contributed by atoms with Crippen LogP contribution >= 0.6 is 0 Å². The number of hydrogen-bond acceptors (Lipinski definition) is 5. The molecule has 0 spiro atoms. The molecule has 5 nitrogen and oxygen atoms in total. The van der Waals surface area contributed by atoms with Gasteiger partial charge in [-0.05, 0) is 27.2 Å². The Bertz CT molecular complexity index is 411. The maximum atomic E-state index is 11.5. The van der Waals surface area contributed by atoms with E-state index in [2.05, 4.69) is 11.0 Å². The molecular formula is C11H21N3O2S. The Morgan fingerprint density at radius 2 is 2.24 bits per heavy atom. The number of sulfone groups is 1. The highest BCUT2D eigenvalue weighted by Gasteiger charge is 2.33. The summed E-state index contributed by atoms with van der Waals surface area (Å²) in [6.45, 7) is 6.14. The predicted octanol–water partition coefficient (Wildman–Crippen LogP) is 0.125. The van der Waals surface area contributed by atoms with E-state index in [1.807, 2.05) is 13.8 Å². The third-order valence-corrected chi connectivity index (χ3v) is 5.06. The van der Waals surface area contributed by atoms with Crippen LogP contribution in [0.25, 0.3) is 0 Å². The zero-order chi connectivity index (χ0) is 13.3. The molecule has 0 amide bonds. The lowest BCUT2D eigenvalue weighted by Crippen LogP contribution is -2.53. The van der Waals surface area contributed by atoms with Crippen molar-refractivity contribution in [3.63, 3.8) is 0 Å². The number of nitriles is 1. The molecule has 0 saturated carbocycles. The third kappa shape index (κ3) is 3.95. The molecule has 0 aliphatic carbocycles. The highest BCUT2D eigenvalue weighted by atomic mass is 32.2. The summed E-state index contributed by atoms with van der Waals surface area (Å²) >= 11 is 0. The maximum absolute atomic E-state index is 11.5. The normalized spacial score (nSPS) is 30.2. The first kappa shape index (κ1) is 14.4. The Morgan fingerprint density at radius 1 is 1.65 bits per heavy atom. The van der Waals surface area contributed by atoms with Gasteiger partial charge in [-0.3, -0.25) is 4.90 Å². The average Bonchev–Trinajstić information content (AvgIpc) is 2.15. The minimum absolute atomic E-state index is 0.00163. The maximum Gasteiger partial charge on any atom is 0.153 e. The van der Waals surface area contributed by atoms with Gasteiger partial charge in [-0.1, -0.05) is 0 Å². The van der Waals surface area contributed by atoms with Gasteiger partial charge in [0, 0.05) is 18.6 Å². The van der Waals surface area contributed by atoms with E-state index in [0.29, 0.717) is 13.0 Å². The summed E-state index contributed by atoms with van der Waals surface area (Å²) in [5, 5.41) is 8.90. The van der Waals surface area contributed by atoms with Crippen LogP contribution in [0.15, 0.2) is 0 Å². The molecule has 1 aliphatic heterocycles. The molecule has 0 aromatic heterocycles. The summed E-state index contributed by atoms with van der Waals surface area (Å²) in [5.74, 6) is 0.403. The van der Waals surface area contributed by atoms with E-state index < -0.39 is 15.4 Å². The van der Waals surface area contributed by atoms with Crippen molar-refractivity contribution in [1.82, 2.24) is 4.90 Å². The van der Waals surface area contributed by atoms with Crippen molar-refractivity contribution in [2.75, 3.05) is 18.1 Å². The lowest BCUT2D eigenvalue weighted by atomic mass is 9.95. The van der Waals surface area contributed by atoms with Crippen LogP contribution in [0, 0.1) is 11.3 Å². The van der Waals surface area contributed by atoms with Crippen LogP contribution in [0.2, 0.25) is 0 Å². The van der Waals surface area contributed by atoms with Crippen molar-refractivity contribution in [2.24, 2.45) is 5.73 Å². The third-order valence-electron chi connectivity index (χ3n) is 3.26. The van der Waals surface area contributed by atoms with E-state index in [4.69, 9.17) is 11.0 Å². The molecule has 1 fully saturated rings. The molecule has 2 N–H and O–H groups in total. The van der Waals surface area contributed by atoms with Gasteiger partial charge >= 0.3 is 0 Å². The minimum atomic E-state index is -2.89. The molecule has 1 saturated heterocycles. The van der Waals surface area contributed by atoms with Crippen LogP contribution in [0.4, 0.5) is 0 Å².